The summed E-state index contributed by atoms with van der Waals surface area (Å²) in [6.45, 7) is 4.70. The minimum atomic E-state index is -0.995. The topological polar surface area (TPSA) is 108 Å². The summed E-state index contributed by atoms with van der Waals surface area (Å²) in [6, 6.07) is 36.6. The van der Waals surface area contributed by atoms with Gasteiger partial charge in [0.05, 0.1) is 25.2 Å². The monoisotopic (exact) mass is 622 g/mol. The molecule has 46 heavy (non-hydrogen) atoms. The summed E-state index contributed by atoms with van der Waals surface area (Å²) in [7, 11) is 0. The van der Waals surface area contributed by atoms with Crippen LogP contribution in [0.15, 0.2) is 109 Å². The number of aliphatic hydroxyl groups is 1. The number of aliphatic hydroxyl groups excluding tert-OH is 1. The molecule has 0 spiro atoms. The Morgan fingerprint density at radius 3 is 1.85 bits per heavy atom. The molecule has 1 fully saturated rings. The van der Waals surface area contributed by atoms with E-state index in [2.05, 4.69) is 65.7 Å². The molecule has 0 aromatic heterocycles. The second-order valence-electron chi connectivity index (χ2n) is 11.9. The highest BCUT2D eigenvalue weighted by Crippen LogP contribution is 2.42. The van der Waals surface area contributed by atoms with E-state index in [0.717, 1.165) is 35.3 Å². The van der Waals surface area contributed by atoms with E-state index in [1.165, 1.54) is 11.1 Å². The molecular weight excluding hydrogens is 580 g/mol. The summed E-state index contributed by atoms with van der Waals surface area (Å²) in [4.78, 5) is 25.2. The van der Waals surface area contributed by atoms with Crippen LogP contribution in [0.3, 0.4) is 0 Å². The molecule has 0 radical (unpaired) electrons. The van der Waals surface area contributed by atoms with E-state index in [4.69, 9.17) is 14.6 Å². The average Bonchev–Trinajstić information content (AvgIpc) is 3.08. The summed E-state index contributed by atoms with van der Waals surface area (Å²) in [5.41, 5.74) is 6.10. The number of carboxylic acids is 1. The minimum absolute atomic E-state index is 0.0178. The number of carbonyl (C=O) groups is 2. The Bertz CT molecular complexity index is 1490. The van der Waals surface area contributed by atoms with E-state index in [1.54, 1.807) is 0 Å². The van der Waals surface area contributed by atoms with Crippen molar-refractivity contribution in [2.45, 2.75) is 64.5 Å². The first-order valence-electron chi connectivity index (χ1n) is 15.8. The third-order valence-corrected chi connectivity index (χ3v) is 8.37. The Morgan fingerprint density at radius 2 is 1.28 bits per heavy atom. The Morgan fingerprint density at radius 1 is 0.717 bits per heavy atom. The zero-order valence-electron chi connectivity index (χ0n) is 26.1. The van der Waals surface area contributed by atoms with Gasteiger partial charge in [-0.05, 0) is 27.8 Å². The number of nitrogens with one attached hydrogen (secondary N) is 1. The van der Waals surface area contributed by atoms with E-state index in [1.807, 2.05) is 60.7 Å². The summed E-state index contributed by atoms with van der Waals surface area (Å²) < 4.78 is 13.4. The fourth-order valence-corrected chi connectivity index (χ4v) is 5.75. The van der Waals surface area contributed by atoms with Crippen molar-refractivity contribution in [1.29, 1.82) is 0 Å². The molecule has 0 saturated carbocycles. The van der Waals surface area contributed by atoms with Crippen molar-refractivity contribution in [2.75, 3.05) is 6.54 Å². The molecule has 0 bridgehead atoms. The lowest BCUT2D eigenvalue weighted by molar-refractivity contribution is -0.276. The van der Waals surface area contributed by atoms with Gasteiger partial charge in [-0.15, -0.1) is 0 Å². The molecule has 1 aliphatic heterocycles. The molecule has 1 saturated heterocycles. The van der Waals surface area contributed by atoms with E-state index in [0.29, 0.717) is 13.1 Å². The lowest BCUT2D eigenvalue weighted by atomic mass is 9.89. The SMILES string of the molecule is C[C@@H]1[C@H](CN(Cc2ccccc2)Cc2ccccc2)O[C@H](c2ccc(CNC(=O)CCC(=O)O)cc2)O[C@@H]1c1ccc(CO)cc1. The van der Waals surface area contributed by atoms with Crippen LogP contribution < -0.4 is 5.32 Å². The minimum Gasteiger partial charge on any atom is -0.481 e. The first kappa shape index (κ1) is 33.0. The van der Waals surface area contributed by atoms with Gasteiger partial charge in [-0.3, -0.25) is 14.5 Å². The van der Waals surface area contributed by atoms with Gasteiger partial charge in [0, 0.05) is 44.1 Å². The zero-order valence-corrected chi connectivity index (χ0v) is 26.1. The molecule has 4 aromatic carbocycles. The molecule has 0 aliphatic carbocycles. The number of benzene rings is 4. The zero-order chi connectivity index (χ0) is 32.3. The molecule has 0 unspecified atom stereocenters. The normalized spacial score (nSPS) is 19.5. The second-order valence-corrected chi connectivity index (χ2v) is 11.9. The molecule has 8 nitrogen and oxygen atoms in total. The predicted octanol–water partition coefficient (Wildman–Crippen LogP) is 6.15. The van der Waals surface area contributed by atoms with Crippen LogP contribution in [0.4, 0.5) is 0 Å². The number of nitrogens with zero attached hydrogens (tertiary/aromatic N) is 1. The summed E-state index contributed by atoms with van der Waals surface area (Å²) in [5.74, 6) is -1.26. The van der Waals surface area contributed by atoms with E-state index < -0.39 is 12.3 Å². The maximum absolute atomic E-state index is 12.0. The molecule has 4 aromatic rings. The Balaban J connectivity index is 1.36. The van der Waals surface area contributed by atoms with Gasteiger partial charge in [-0.2, -0.15) is 0 Å². The lowest BCUT2D eigenvalue weighted by Crippen LogP contribution is -2.44. The maximum atomic E-state index is 12.0. The van der Waals surface area contributed by atoms with Crippen LogP contribution in [0.1, 0.15) is 65.5 Å². The van der Waals surface area contributed by atoms with Gasteiger partial charge in [0.2, 0.25) is 5.91 Å². The van der Waals surface area contributed by atoms with Crippen LogP contribution in [0, 0.1) is 5.92 Å². The van der Waals surface area contributed by atoms with Gasteiger partial charge in [0.25, 0.3) is 0 Å². The quantitative estimate of drug-likeness (QED) is 0.155. The van der Waals surface area contributed by atoms with Crippen molar-refractivity contribution in [3.8, 4) is 0 Å². The number of carbonyl (C=O) groups excluding carboxylic acids is 1. The summed E-state index contributed by atoms with van der Waals surface area (Å²) >= 11 is 0. The smallest absolute Gasteiger partial charge is 0.303 e. The predicted molar refractivity (Wildman–Crippen MR) is 175 cm³/mol. The number of carboxylic acid groups (broad SMARTS) is 1. The average molecular weight is 623 g/mol. The molecule has 1 aliphatic rings. The lowest BCUT2D eigenvalue weighted by Gasteiger charge is -2.43. The van der Waals surface area contributed by atoms with E-state index >= 15 is 0 Å². The number of amides is 1. The molecular formula is C38H42N2O6. The molecule has 1 heterocycles. The fraction of sp³-hybridized carbons (Fsp3) is 0.316. The maximum Gasteiger partial charge on any atom is 0.303 e. The van der Waals surface area contributed by atoms with Crippen LogP contribution in [-0.2, 0) is 45.3 Å². The highest BCUT2D eigenvalue weighted by molar-refractivity contribution is 5.80. The molecule has 3 N–H and O–H groups in total. The standard InChI is InChI=1S/C38H42N2O6/c1-27-34(25-40(23-29-8-4-2-5-9-29)24-30-10-6-3-7-11-30)45-38(46-37(27)32-16-14-31(26-41)15-17-32)33-18-12-28(13-19-33)22-39-35(42)20-21-36(43)44/h2-19,27,34,37-38,41H,20-26H2,1H3,(H,39,42)(H,43,44)/t27-,34+,37+,38+/m1/s1. The molecule has 5 rings (SSSR count). The van der Waals surface area contributed by atoms with Gasteiger partial charge in [0.1, 0.15) is 0 Å². The van der Waals surface area contributed by atoms with Crippen molar-refractivity contribution >= 4 is 11.9 Å². The largest absolute Gasteiger partial charge is 0.481 e. The Kier molecular flexibility index (Phi) is 11.7. The fourth-order valence-electron chi connectivity index (χ4n) is 5.75. The van der Waals surface area contributed by atoms with Crippen LogP contribution in [-0.4, -0.2) is 39.6 Å². The van der Waals surface area contributed by atoms with E-state index in [9.17, 15) is 14.7 Å². The van der Waals surface area contributed by atoms with Crippen LogP contribution in [0.5, 0.6) is 0 Å². The summed E-state index contributed by atoms with van der Waals surface area (Å²) in [6.07, 6.45) is -1.25. The highest BCUT2D eigenvalue weighted by atomic mass is 16.7. The van der Waals surface area contributed by atoms with Crippen LogP contribution in [0.2, 0.25) is 0 Å². The Hall–Kier alpha value is -4.34. The Labute approximate surface area is 270 Å². The van der Waals surface area contributed by atoms with Crippen molar-refractivity contribution in [2.24, 2.45) is 5.92 Å². The third-order valence-electron chi connectivity index (χ3n) is 8.37. The number of aliphatic carboxylic acids is 1. The first-order chi connectivity index (χ1) is 22.4. The molecule has 8 heteroatoms. The van der Waals surface area contributed by atoms with Crippen molar-refractivity contribution in [3.05, 3.63) is 143 Å². The van der Waals surface area contributed by atoms with Crippen molar-refractivity contribution in [1.82, 2.24) is 10.2 Å². The number of hydrogen-bond acceptors (Lipinski definition) is 6. The summed E-state index contributed by atoms with van der Waals surface area (Å²) in [5, 5.41) is 21.2. The van der Waals surface area contributed by atoms with Crippen molar-refractivity contribution < 1.29 is 29.3 Å². The molecule has 4 atom stereocenters. The van der Waals surface area contributed by atoms with E-state index in [-0.39, 0.29) is 43.5 Å². The third kappa shape index (κ3) is 9.34. The second kappa shape index (κ2) is 16.3. The van der Waals surface area contributed by atoms with Crippen molar-refractivity contribution in [3.63, 3.8) is 0 Å². The van der Waals surface area contributed by atoms with Gasteiger partial charge < -0.3 is 25.0 Å². The number of ether oxygens (including phenoxy) is 2. The van der Waals surface area contributed by atoms with Gasteiger partial charge in [0.15, 0.2) is 6.29 Å². The number of rotatable bonds is 14. The van der Waals surface area contributed by atoms with Gasteiger partial charge >= 0.3 is 5.97 Å². The molecule has 240 valence electrons. The first-order valence-corrected chi connectivity index (χ1v) is 15.8. The number of hydrogen-bond donors (Lipinski definition) is 3. The molecule has 1 amide bonds. The van der Waals surface area contributed by atoms with Gasteiger partial charge in [-0.1, -0.05) is 116 Å². The van der Waals surface area contributed by atoms with Gasteiger partial charge in [-0.25, -0.2) is 0 Å². The van der Waals surface area contributed by atoms with Crippen LogP contribution in [0.25, 0.3) is 0 Å². The van der Waals surface area contributed by atoms with Crippen LogP contribution >= 0.6 is 0 Å². The highest BCUT2D eigenvalue weighted by Gasteiger charge is 2.39.